The first-order valence-electron chi connectivity index (χ1n) is 9.04. The minimum absolute atomic E-state index is 0.0297. The molecule has 0 saturated carbocycles. The third-order valence-corrected chi connectivity index (χ3v) is 4.49. The maximum atomic E-state index is 12.8. The summed E-state index contributed by atoms with van der Waals surface area (Å²) in [7, 11) is 1.55. The van der Waals surface area contributed by atoms with Crippen LogP contribution in [0.15, 0.2) is 66.7 Å². The Bertz CT molecular complexity index is 988. The largest absolute Gasteiger partial charge is 0.497 e. The highest BCUT2D eigenvalue weighted by molar-refractivity contribution is 5.93. The lowest BCUT2D eigenvalue weighted by Gasteiger charge is -2.14. The van der Waals surface area contributed by atoms with Crippen LogP contribution < -0.4 is 14.8 Å². The van der Waals surface area contributed by atoms with Gasteiger partial charge in [0.2, 0.25) is 5.91 Å². The fourth-order valence-electron chi connectivity index (χ4n) is 2.99. The number of amides is 1. The molecule has 3 aromatic rings. The van der Waals surface area contributed by atoms with Gasteiger partial charge in [-0.25, -0.2) is 0 Å². The number of hydrogen-bond acceptors (Lipinski definition) is 3. The molecular formula is C23H21F2NO3. The molecule has 1 N–H and O–H groups in total. The van der Waals surface area contributed by atoms with E-state index in [2.05, 4.69) is 10.1 Å². The maximum Gasteiger partial charge on any atom is 0.387 e. The van der Waals surface area contributed by atoms with Gasteiger partial charge >= 0.3 is 6.61 Å². The van der Waals surface area contributed by atoms with E-state index in [0.717, 1.165) is 11.1 Å². The predicted octanol–water partition coefficient (Wildman–Crippen LogP) is 5.45. The molecule has 3 aromatic carbocycles. The van der Waals surface area contributed by atoms with Crippen molar-refractivity contribution in [3.63, 3.8) is 0 Å². The number of halogens is 2. The highest BCUT2D eigenvalue weighted by Gasteiger charge is 2.14. The van der Waals surface area contributed by atoms with E-state index in [9.17, 15) is 13.6 Å². The van der Waals surface area contributed by atoms with Crippen LogP contribution in [-0.2, 0) is 11.2 Å². The van der Waals surface area contributed by atoms with E-state index in [1.165, 1.54) is 6.07 Å². The van der Waals surface area contributed by atoms with Crippen molar-refractivity contribution in [1.82, 2.24) is 0 Å². The number of aryl methyl sites for hydroxylation is 1. The fraction of sp³-hybridized carbons (Fsp3) is 0.174. The van der Waals surface area contributed by atoms with Gasteiger partial charge in [0, 0.05) is 11.3 Å². The number of carbonyl (C=O) groups excluding carboxylic acids is 1. The van der Waals surface area contributed by atoms with E-state index in [1.54, 1.807) is 43.5 Å². The standard InChI is InChI=1S/C23H21F2NO3/c1-15-5-3-4-6-17(15)13-22(27)26-18-9-12-21(29-23(24)25)20(14-18)16-7-10-19(28-2)11-8-16/h3-12,14,23H,13H2,1-2H3,(H,26,27). The SMILES string of the molecule is COc1ccc(-c2cc(NC(=O)Cc3ccccc3C)ccc2OC(F)F)cc1. The Kier molecular flexibility index (Phi) is 6.44. The molecule has 4 nitrogen and oxygen atoms in total. The number of ether oxygens (including phenoxy) is 2. The Hall–Kier alpha value is -3.41. The third-order valence-electron chi connectivity index (χ3n) is 4.49. The number of carbonyl (C=O) groups is 1. The highest BCUT2D eigenvalue weighted by Crippen LogP contribution is 2.34. The smallest absolute Gasteiger partial charge is 0.387 e. The Morgan fingerprint density at radius 2 is 1.76 bits per heavy atom. The van der Waals surface area contributed by atoms with Crippen molar-refractivity contribution in [2.45, 2.75) is 20.0 Å². The zero-order valence-corrected chi connectivity index (χ0v) is 16.1. The van der Waals surface area contributed by atoms with E-state index >= 15 is 0 Å². The van der Waals surface area contributed by atoms with Gasteiger partial charge in [-0.1, -0.05) is 36.4 Å². The average molecular weight is 397 g/mol. The molecule has 0 spiro atoms. The molecule has 0 fully saturated rings. The number of methoxy groups -OCH3 is 1. The summed E-state index contributed by atoms with van der Waals surface area (Å²) in [6.07, 6.45) is 0.222. The molecule has 0 bridgehead atoms. The summed E-state index contributed by atoms with van der Waals surface area (Å²) in [5, 5.41) is 2.82. The molecule has 0 atom stereocenters. The zero-order valence-electron chi connectivity index (χ0n) is 16.1. The lowest BCUT2D eigenvalue weighted by molar-refractivity contribution is -0.115. The molecule has 0 aliphatic rings. The molecular weight excluding hydrogens is 376 g/mol. The molecule has 0 unspecified atom stereocenters. The molecule has 0 heterocycles. The van der Waals surface area contributed by atoms with Crippen molar-refractivity contribution in [2.24, 2.45) is 0 Å². The quantitative estimate of drug-likeness (QED) is 0.576. The Morgan fingerprint density at radius 1 is 1.03 bits per heavy atom. The Labute approximate surface area is 168 Å². The van der Waals surface area contributed by atoms with Gasteiger partial charge in [0.05, 0.1) is 13.5 Å². The molecule has 150 valence electrons. The number of anilines is 1. The summed E-state index contributed by atoms with van der Waals surface area (Å²) in [5.41, 5.74) is 3.56. The summed E-state index contributed by atoms with van der Waals surface area (Å²) in [4.78, 5) is 12.4. The van der Waals surface area contributed by atoms with Crippen molar-refractivity contribution in [3.05, 3.63) is 77.9 Å². The lowest BCUT2D eigenvalue weighted by atomic mass is 10.0. The van der Waals surface area contributed by atoms with Crippen LogP contribution in [0, 0.1) is 6.92 Å². The summed E-state index contributed by atoms with van der Waals surface area (Å²) in [5.74, 6) is 0.484. The van der Waals surface area contributed by atoms with Crippen LogP contribution in [0.1, 0.15) is 11.1 Å². The number of nitrogens with one attached hydrogen (secondary N) is 1. The van der Waals surface area contributed by atoms with Gasteiger partial charge in [0.1, 0.15) is 11.5 Å². The average Bonchev–Trinajstić information content (AvgIpc) is 2.70. The van der Waals surface area contributed by atoms with Crippen LogP contribution in [0.3, 0.4) is 0 Å². The zero-order chi connectivity index (χ0) is 20.8. The van der Waals surface area contributed by atoms with Crippen molar-refractivity contribution >= 4 is 11.6 Å². The number of rotatable bonds is 7. The Balaban J connectivity index is 1.85. The van der Waals surface area contributed by atoms with E-state index in [1.807, 2.05) is 31.2 Å². The van der Waals surface area contributed by atoms with Crippen LogP contribution in [0.5, 0.6) is 11.5 Å². The number of benzene rings is 3. The number of alkyl halides is 2. The van der Waals surface area contributed by atoms with E-state index < -0.39 is 6.61 Å². The molecule has 3 rings (SSSR count). The topological polar surface area (TPSA) is 47.6 Å². The van der Waals surface area contributed by atoms with Gasteiger partial charge < -0.3 is 14.8 Å². The van der Waals surface area contributed by atoms with E-state index in [0.29, 0.717) is 22.6 Å². The Morgan fingerprint density at radius 3 is 2.41 bits per heavy atom. The van der Waals surface area contributed by atoms with Crippen LogP contribution in [-0.4, -0.2) is 19.6 Å². The maximum absolute atomic E-state index is 12.8. The minimum Gasteiger partial charge on any atom is -0.497 e. The second kappa shape index (κ2) is 9.19. The molecule has 0 aliphatic carbocycles. The van der Waals surface area contributed by atoms with Gasteiger partial charge in [-0.3, -0.25) is 4.79 Å². The minimum atomic E-state index is -2.95. The predicted molar refractivity (Wildman–Crippen MR) is 109 cm³/mol. The second-order valence-corrected chi connectivity index (χ2v) is 6.47. The molecule has 1 amide bonds. The fourth-order valence-corrected chi connectivity index (χ4v) is 2.99. The van der Waals surface area contributed by atoms with Crippen molar-refractivity contribution in [3.8, 4) is 22.6 Å². The first kappa shape index (κ1) is 20.3. The van der Waals surface area contributed by atoms with Crippen LogP contribution in [0.2, 0.25) is 0 Å². The summed E-state index contributed by atoms with van der Waals surface area (Å²) in [6.45, 7) is -1.01. The summed E-state index contributed by atoms with van der Waals surface area (Å²) >= 11 is 0. The van der Waals surface area contributed by atoms with Gasteiger partial charge in [-0.2, -0.15) is 8.78 Å². The van der Waals surface area contributed by atoms with Crippen LogP contribution in [0.4, 0.5) is 14.5 Å². The van der Waals surface area contributed by atoms with Gasteiger partial charge in [0.25, 0.3) is 0 Å². The first-order chi connectivity index (χ1) is 14.0. The van der Waals surface area contributed by atoms with Crippen LogP contribution in [0.25, 0.3) is 11.1 Å². The van der Waals surface area contributed by atoms with Crippen LogP contribution >= 0.6 is 0 Å². The molecule has 6 heteroatoms. The molecule has 0 aliphatic heterocycles. The third kappa shape index (κ3) is 5.31. The summed E-state index contributed by atoms with van der Waals surface area (Å²) < 4.78 is 35.4. The molecule has 0 saturated heterocycles. The van der Waals surface area contributed by atoms with Crippen molar-refractivity contribution in [2.75, 3.05) is 12.4 Å². The van der Waals surface area contributed by atoms with E-state index in [-0.39, 0.29) is 18.1 Å². The van der Waals surface area contributed by atoms with E-state index in [4.69, 9.17) is 4.74 Å². The van der Waals surface area contributed by atoms with Crippen molar-refractivity contribution < 1.29 is 23.0 Å². The monoisotopic (exact) mass is 397 g/mol. The normalized spacial score (nSPS) is 10.7. The second-order valence-electron chi connectivity index (χ2n) is 6.47. The number of hydrogen-bond donors (Lipinski definition) is 1. The molecule has 29 heavy (non-hydrogen) atoms. The first-order valence-corrected chi connectivity index (χ1v) is 9.04. The van der Waals surface area contributed by atoms with Gasteiger partial charge in [-0.15, -0.1) is 0 Å². The molecule has 0 radical (unpaired) electrons. The molecule has 0 aromatic heterocycles. The lowest BCUT2D eigenvalue weighted by Crippen LogP contribution is -2.15. The summed E-state index contributed by atoms with van der Waals surface area (Å²) in [6, 6.07) is 19.2. The highest BCUT2D eigenvalue weighted by atomic mass is 19.3. The van der Waals surface area contributed by atoms with Crippen molar-refractivity contribution in [1.29, 1.82) is 0 Å². The van der Waals surface area contributed by atoms with Gasteiger partial charge in [-0.05, 0) is 53.9 Å². The van der Waals surface area contributed by atoms with Gasteiger partial charge in [0.15, 0.2) is 0 Å².